The third kappa shape index (κ3) is 6.53. The first kappa shape index (κ1) is 16.5. The lowest BCUT2D eigenvalue weighted by Gasteiger charge is -2.10. The highest BCUT2D eigenvalue weighted by Gasteiger charge is 2.06. The predicted octanol–water partition coefficient (Wildman–Crippen LogP) is 0.0750. The molecule has 0 aromatic heterocycles. The van der Waals surface area contributed by atoms with Crippen LogP contribution in [0, 0.1) is 0 Å². The molecule has 3 N–H and O–H groups in total. The van der Waals surface area contributed by atoms with Crippen LogP contribution in [0.15, 0.2) is 24.3 Å². The molecule has 1 rings (SSSR count). The smallest absolute Gasteiger partial charge is 0.257 e. The van der Waals surface area contributed by atoms with Gasteiger partial charge in [-0.15, -0.1) is 0 Å². The highest BCUT2D eigenvalue weighted by Crippen LogP contribution is 2.16. The number of ether oxygens (including phenoxy) is 1. The first-order chi connectivity index (χ1) is 9.42. The van der Waals surface area contributed by atoms with Gasteiger partial charge in [0.2, 0.25) is 0 Å². The molecular weight excluding hydrogens is 280 g/mol. The van der Waals surface area contributed by atoms with E-state index < -0.39 is 9.84 Å². The zero-order chi connectivity index (χ0) is 15.0. The van der Waals surface area contributed by atoms with Crippen molar-refractivity contribution in [1.82, 2.24) is 5.32 Å². The molecule has 20 heavy (non-hydrogen) atoms. The van der Waals surface area contributed by atoms with Crippen molar-refractivity contribution >= 4 is 15.7 Å². The molecule has 0 atom stereocenters. The van der Waals surface area contributed by atoms with E-state index in [0.717, 1.165) is 5.56 Å². The van der Waals surface area contributed by atoms with Gasteiger partial charge in [0.25, 0.3) is 5.91 Å². The van der Waals surface area contributed by atoms with Crippen LogP contribution in [0.2, 0.25) is 0 Å². The van der Waals surface area contributed by atoms with Crippen molar-refractivity contribution in [1.29, 1.82) is 0 Å². The number of hydrogen-bond acceptors (Lipinski definition) is 5. The molecular formula is C13H20N2O4S. The van der Waals surface area contributed by atoms with E-state index in [-0.39, 0.29) is 18.3 Å². The number of nitrogens with one attached hydrogen (secondary N) is 1. The fourth-order valence-corrected chi connectivity index (χ4v) is 2.24. The first-order valence-electron chi connectivity index (χ1n) is 6.27. The van der Waals surface area contributed by atoms with Crippen molar-refractivity contribution in [3.63, 3.8) is 0 Å². The number of rotatable bonds is 8. The van der Waals surface area contributed by atoms with Gasteiger partial charge in [-0.3, -0.25) is 4.79 Å². The second-order valence-electron chi connectivity index (χ2n) is 4.43. The van der Waals surface area contributed by atoms with Crippen LogP contribution < -0.4 is 15.8 Å². The Bertz CT molecular complexity index is 543. The third-order valence-electron chi connectivity index (χ3n) is 2.57. The highest BCUT2D eigenvalue weighted by atomic mass is 32.2. The second kappa shape index (κ2) is 7.86. The van der Waals surface area contributed by atoms with Crippen LogP contribution in [-0.2, 0) is 21.2 Å². The molecule has 0 aliphatic rings. The van der Waals surface area contributed by atoms with Crippen LogP contribution in [0.1, 0.15) is 12.0 Å². The molecule has 0 spiro atoms. The zero-order valence-corrected chi connectivity index (χ0v) is 12.3. The summed E-state index contributed by atoms with van der Waals surface area (Å²) in [6.07, 6.45) is 1.56. The maximum absolute atomic E-state index is 11.5. The molecule has 0 radical (unpaired) electrons. The summed E-state index contributed by atoms with van der Waals surface area (Å²) in [4.78, 5) is 11.5. The van der Waals surface area contributed by atoms with Crippen LogP contribution in [-0.4, -0.2) is 39.5 Å². The fraction of sp³-hybridized carbons (Fsp3) is 0.462. The summed E-state index contributed by atoms with van der Waals surface area (Å²) in [6, 6.07) is 7.23. The predicted molar refractivity (Wildman–Crippen MR) is 77.2 cm³/mol. The first-order valence-corrected chi connectivity index (χ1v) is 8.33. The van der Waals surface area contributed by atoms with Crippen molar-refractivity contribution in [2.45, 2.75) is 13.0 Å². The van der Waals surface area contributed by atoms with E-state index in [1.807, 2.05) is 12.1 Å². The highest BCUT2D eigenvalue weighted by molar-refractivity contribution is 7.90. The van der Waals surface area contributed by atoms with Crippen LogP contribution in [0.3, 0.4) is 0 Å². The lowest BCUT2D eigenvalue weighted by molar-refractivity contribution is -0.123. The summed E-state index contributed by atoms with van der Waals surface area (Å²) in [5.74, 6) is 0.357. The summed E-state index contributed by atoms with van der Waals surface area (Å²) in [5.41, 5.74) is 6.39. The molecule has 0 aliphatic carbocycles. The van der Waals surface area contributed by atoms with Crippen LogP contribution in [0.5, 0.6) is 5.75 Å². The number of para-hydroxylation sites is 1. The Hall–Kier alpha value is -1.60. The Morgan fingerprint density at radius 2 is 2.05 bits per heavy atom. The number of carbonyl (C=O) groups excluding carboxylic acids is 1. The zero-order valence-electron chi connectivity index (χ0n) is 11.5. The molecule has 0 aliphatic heterocycles. The van der Waals surface area contributed by atoms with E-state index in [1.165, 1.54) is 6.26 Å². The molecule has 0 unspecified atom stereocenters. The standard InChI is InChI=1S/C13H20N2O4S/c1-20(17,18)8-4-7-15-13(16)10-19-12-6-3-2-5-11(12)9-14/h2-3,5-6H,4,7-10,14H2,1H3,(H,15,16). The molecule has 112 valence electrons. The third-order valence-corrected chi connectivity index (χ3v) is 3.60. The Kier molecular flexibility index (Phi) is 6.47. The molecule has 1 aromatic rings. The van der Waals surface area contributed by atoms with Gasteiger partial charge < -0.3 is 15.8 Å². The minimum absolute atomic E-state index is 0.0597. The van der Waals surface area contributed by atoms with Gasteiger partial charge in [-0.05, 0) is 12.5 Å². The average molecular weight is 300 g/mol. The second-order valence-corrected chi connectivity index (χ2v) is 6.69. The van der Waals surface area contributed by atoms with E-state index >= 15 is 0 Å². The van der Waals surface area contributed by atoms with E-state index in [1.54, 1.807) is 12.1 Å². The molecule has 0 saturated heterocycles. The number of nitrogens with two attached hydrogens (primary N) is 1. The Morgan fingerprint density at radius 1 is 1.35 bits per heavy atom. The lowest BCUT2D eigenvalue weighted by atomic mass is 10.2. The van der Waals surface area contributed by atoms with Gasteiger partial charge in [-0.25, -0.2) is 8.42 Å². The lowest BCUT2D eigenvalue weighted by Crippen LogP contribution is -2.30. The number of carbonyl (C=O) groups is 1. The van der Waals surface area contributed by atoms with Crippen molar-refractivity contribution in [3.8, 4) is 5.75 Å². The summed E-state index contributed by atoms with van der Waals surface area (Å²) in [5, 5.41) is 2.60. The van der Waals surface area contributed by atoms with Gasteiger partial charge in [0.1, 0.15) is 15.6 Å². The molecule has 6 nitrogen and oxygen atoms in total. The fourth-order valence-electron chi connectivity index (χ4n) is 1.57. The largest absolute Gasteiger partial charge is 0.483 e. The van der Waals surface area contributed by atoms with Gasteiger partial charge in [-0.1, -0.05) is 18.2 Å². The van der Waals surface area contributed by atoms with Crippen LogP contribution in [0.4, 0.5) is 0 Å². The molecule has 0 heterocycles. The number of benzene rings is 1. The summed E-state index contributed by atoms with van der Waals surface area (Å²) in [7, 11) is -2.98. The van der Waals surface area contributed by atoms with Crippen molar-refractivity contribution in [2.75, 3.05) is 25.2 Å². The topological polar surface area (TPSA) is 98.5 Å². The van der Waals surface area contributed by atoms with Gasteiger partial charge >= 0.3 is 0 Å². The average Bonchev–Trinajstić information content (AvgIpc) is 2.40. The molecule has 7 heteroatoms. The number of hydrogen-bond donors (Lipinski definition) is 2. The van der Waals surface area contributed by atoms with Crippen LogP contribution >= 0.6 is 0 Å². The molecule has 0 fully saturated rings. The minimum atomic E-state index is -2.98. The van der Waals surface area contributed by atoms with Crippen molar-refractivity contribution in [2.24, 2.45) is 5.73 Å². The Labute approximate surface area is 119 Å². The van der Waals surface area contributed by atoms with Gasteiger partial charge in [0, 0.05) is 24.9 Å². The van der Waals surface area contributed by atoms with Gasteiger partial charge in [0.15, 0.2) is 6.61 Å². The number of sulfone groups is 1. The van der Waals surface area contributed by atoms with E-state index in [0.29, 0.717) is 25.3 Å². The van der Waals surface area contributed by atoms with Crippen LogP contribution in [0.25, 0.3) is 0 Å². The Morgan fingerprint density at radius 3 is 2.70 bits per heavy atom. The monoisotopic (exact) mass is 300 g/mol. The van der Waals surface area contributed by atoms with E-state index in [4.69, 9.17) is 10.5 Å². The molecule has 1 amide bonds. The van der Waals surface area contributed by atoms with E-state index in [9.17, 15) is 13.2 Å². The van der Waals surface area contributed by atoms with E-state index in [2.05, 4.69) is 5.32 Å². The normalized spacial score (nSPS) is 11.1. The Balaban J connectivity index is 2.29. The van der Waals surface area contributed by atoms with Gasteiger partial charge in [-0.2, -0.15) is 0 Å². The number of amides is 1. The maximum atomic E-state index is 11.5. The maximum Gasteiger partial charge on any atom is 0.257 e. The summed E-state index contributed by atoms with van der Waals surface area (Å²) >= 11 is 0. The quantitative estimate of drug-likeness (QED) is 0.662. The van der Waals surface area contributed by atoms with Crippen molar-refractivity contribution < 1.29 is 17.9 Å². The summed E-state index contributed by atoms with van der Waals surface area (Å²) in [6.45, 7) is 0.538. The summed E-state index contributed by atoms with van der Waals surface area (Å²) < 4.78 is 27.2. The minimum Gasteiger partial charge on any atom is -0.483 e. The molecule has 0 bridgehead atoms. The SMILES string of the molecule is CS(=O)(=O)CCCNC(=O)COc1ccccc1CN. The molecule has 0 saturated carbocycles. The van der Waals surface area contributed by atoms with Crippen molar-refractivity contribution in [3.05, 3.63) is 29.8 Å². The van der Waals surface area contributed by atoms with Gasteiger partial charge in [0.05, 0.1) is 5.75 Å². The molecule has 1 aromatic carbocycles.